The number of aromatic nitrogens is 5. The average Bonchev–Trinajstić information content (AvgIpc) is 2.83. The number of hydrogen-bond donors (Lipinski definition) is 2. The van der Waals surface area contributed by atoms with Gasteiger partial charge in [-0.15, -0.1) is 0 Å². The van der Waals surface area contributed by atoms with Crippen molar-refractivity contribution in [1.29, 1.82) is 5.26 Å². The maximum absolute atomic E-state index is 13.2. The number of benzene rings is 1. The lowest BCUT2D eigenvalue weighted by Gasteiger charge is -2.18. The fraction of sp³-hybridized carbons (Fsp3) is 0.250. The molecule has 4 rings (SSSR count). The highest BCUT2D eigenvalue weighted by Gasteiger charge is 2.15. The summed E-state index contributed by atoms with van der Waals surface area (Å²) in [4.78, 5) is 28.6. The van der Waals surface area contributed by atoms with Gasteiger partial charge in [0.15, 0.2) is 0 Å². The molecule has 0 radical (unpaired) electrons. The van der Waals surface area contributed by atoms with Crippen LogP contribution in [-0.4, -0.2) is 31.6 Å². The summed E-state index contributed by atoms with van der Waals surface area (Å²) in [5.74, 6) is 0.200. The summed E-state index contributed by atoms with van der Waals surface area (Å²) in [5.41, 5.74) is 13.4. The predicted octanol–water partition coefficient (Wildman–Crippen LogP) is 3.12. The second-order valence-electron chi connectivity index (χ2n) is 7.63. The van der Waals surface area contributed by atoms with E-state index in [9.17, 15) is 4.79 Å². The number of rotatable bonds is 4. The Hall–Kier alpha value is -4.52. The van der Waals surface area contributed by atoms with Gasteiger partial charge in [-0.2, -0.15) is 10.2 Å². The van der Waals surface area contributed by atoms with E-state index in [4.69, 9.17) is 21.5 Å². The van der Waals surface area contributed by atoms with Crippen LogP contribution in [0.2, 0.25) is 0 Å². The average molecular weight is 459 g/mol. The maximum Gasteiger partial charge on any atom is 0.316 e. The van der Waals surface area contributed by atoms with Crippen molar-refractivity contribution in [1.82, 2.24) is 24.5 Å². The molecule has 3 heterocycles. The molecule has 0 aliphatic rings. The Kier molecular flexibility index (Phi) is 7.38. The molecule has 10 nitrogen and oxygen atoms in total. The van der Waals surface area contributed by atoms with E-state index in [0.29, 0.717) is 11.4 Å². The van der Waals surface area contributed by atoms with Gasteiger partial charge in [0.25, 0.3) is 5.56 Å². The highest BCUT2D eigenvalue weighted by molar-refractivity contribution is 5.96. The van der Waals surface area contributed by atoms with Gasteiger partial charge in [-0.05, 0) is 37.3 Å². The lowest BCUT2D eigenvalue weighted by molar-refractivity contribution is 0.380. The molecule has 0 bridgehead atoms. The first-order chi connectivity index (χ1) is 16.3. The highest BCUT2D eigenvalue weighted by atomic mass is 16.5. The quantitative estimate of drug-likeness (QED) is 0.468. The number of nitriles is 1. The molecule has 1 aromatic carbocycles. The third-order valence-corrected chi connectivity index (χ3v) is 5.12. The predicted molar refractivity (Wildman–Crippen MR) is 131 cm³/mol. The van der Waals surface area contributed by atoms with E-state index >= 15 is 0 Å². The summed E-state index contributed by atoms with van der Waals surface area (Å²) < 4.78 is 6.88. The van der Waals surface area contributed by atoms with E-state index in [-0.39, 0.29) is 28.9 Å². The van der Waals surface area contributed by atoms with Gasteiger partial charge in [-0.1, -0.05) is 25.1 Å². The van der Waals surface area contributed by atoms with Crippen LogP contribution < -0.4 is 21.8 Å². The molecule has 0 aliphatic carbocycles. The Morgan fingerprint density at radius 3 is 2.41 bits per heavy atom. The number of nitrogen functional groups attached to an aromatic ring is 2. The summed E-state index contributed by atoms with van der Waals surface area (Å²) >= 11 is 0. The van der Waals surface area contributed by atoms with E-state index in [2.05, 4.69) is 32.9 Å². The van der Waals surface area contributed by atoms with Gasteiger partial charge in [0.1, 0.15) is 17.5 Å². The highest BCUT2D eigenvalue weighted by Crippen LogP contribution is 2.27. The maximum atomic E-state index is 13.2. The first-order valence-corrected chi connectivity index (χ1v) is 10.6. The van der Waals surface area contributed by atoms with Crippen LogP contribution in [0.5, 0.6) is 6.01 Å². The molecule has 3 aromatic heterocycles. The number of nitrogens with zero attached hydrogens (tertiary/aromatic N) is 6. The molecular weight excluding hydrogens is 432 g/mol. The number of ether oxygens (including phenoxy) is 1. The molecule has 0 saturated heterocycles. The van der Waals surface area contributed by atoms with Crippen LogP contribution in [0.3, 0.4) is 0 Å². The zero-order chi connectivity index (χ0) is 24.8. The van der Waals surface area contributed by atoms with Gasteiger partial charge < -0.3 is 20.8 Å². The molecule has 0 aliphatic heterocycles. The first kappa shape index (κ1) is 24.1. The minimum atomic E-state index is 0.0331. The standard InChI is InChI=1S/C19H21N3O2.C5H5N5/c1-5-15-9-13-7-6-8-16(14-10-20-19(24-4)21-11-14)17(13)18(23)22(15)12(2)3;6-1-3-2-9-5(8)10-4(3)7/h6-12H,5H2,1-4H3;2H,(H4,7,8,9,10). The number of hydrogen-bond acceptors (Lipinski definition) is 9. The van der Waals surface area contributed by atoms with Gasteiger partial charge >= 0.3 is 6.01 Å². The van der Waals surface area contributed by atoms with E-state index in [1.54, 1.807) is 12.4 Å². The Bertz CT molecular complexity index is 1410. The molecule has 0 unspecified atom stereocenters. The van der Waals surface area contributed by atoms with Gasteiger partial charge in [-0.25, -0.2) is 15.0 Å². The third-order valence-electron chi connectivity index (χ3n) is 5.12. The number of aryl methyl sites for hydroxylation is 1. The Balaban J connectivity index is 0.000000271. The van der Waals surface area contributed by atoms with Crippen molar-refractivity contribution in [3.05, 3.63) is 64.5 Å². The van der Waals surface area contributed by atoms with E-state index in [1.165, 1.54) is 13.3 Å². The topological polar surface area (TPSA) is 159 Å². The summed E-state index contributed by atoms with van der Waals surface area (Å²) in [5, 5.41) is 10.0. The van der Waals surface area contributed by atoms with Gasteiger partial charge in [0.2, 0.25) is 5.95 Å². The molecule has 0 saturated carbocycles. The van der Waals surface area contributed by atoms with Crippen LogP contribution in [0, 0.1) is 11.3 Å². The van der Waals surface area contributed by atoms with Crippen LogP contribution in [0.1, 0.15) is 38.1 Å². The summed E-state index contributed by atoms with van der Waals surface area (Å²) in [6, 6.07) is 10.2. The van der Waals surface area contributed by atoms with Crippen LogP contribution in [0.25, 0.3) is 21.9 Å². The number of fused-ring (bicyclic) bond motifs is 1. The number of nitrogens with two attached hydrogens (primary N) is 2. The third kappa shape index (κ3) is 4.94. The molecular formula is C24H26N8O2. The fourth-order valence-corrected chi connectivity index (χ4v) is 3.56. The Morgan fingerprint density at radius 1 is 1.15 bits per heavy atom. The van der Waals surface area contributed by atoms with Crippen LogP contribution in [0.4, 0.5) is 11.8 Å². The summed E-state index contributed by atoms with van der Waals surface area (Å²) in [6.45, 7) is 6.14. The van der Waals surface area contributed by atoms with E-state index in [1.807, 2.05) is 42.7 Å². The fourth-order valence-electron chi connectivity index (χ4n) is 3.56. The molecule has 4 N–H and O–H groups in total. The Labute approximate surface area is 196 Å². The molecule has 0 amide bonds. The van der Waals surface area contributed by atoms with Crippen molar-refractivity contribution in [2.45, 2.75) is 33.2 Å². The molecule has 4 aromatic rings. The number of methoxy groups -OCH3 is 1. The van der Waals surface area contributed by atoms with Crippen molar-refractivity contribution in [2.24, 2.45) is 0 Å². The zero-order valence-electron chi connectivity index (χ0n) is 19.5. The van der Waals surface area contributed by atoms with Crippen molar-refractivity contribution >= 4 is 22.5 Å². The van der Waals surface area contributed by atoms with Crippen molar-refractivity contribution in [2.75, 3.05) is 18.6 Å². The monoisotopic (exact) mass is 458 g/mol. The molecule has 0 spiro atoms. The lowest BCUT2D eigenvalue weighted by atomic mass is 10.00. The Morgan fingerprint density at radius 2 is 1.85 bits per heavy atom. The molecule has 174 valence electrons. The molecule has 0 atom stereocenters. The second kappa shape index (κ2) is 10.4. The second-order valence-corrected chi connectivity index (χ2v) is 7.63. The minimum Gasteiger partial charge on any atom is -0.467 e. The van der Waals surface area contributed by atoms with Crippen molar-refractivity contribution in [3.63, 3.8) is 0 Å². The first-order valence-electron chi connectivity index (χ1n) is 10.6. The zero-order valence-corrected chi connectivity index (χ0v) is 19.5. The summed E-state index contributed by atoms with van der Waals surface area (Å²) in [6.07, 6.45) is 5.48. The normalized spacial score (nSPS) is 10.5. The van der Waals surface area contributed by atoms with Crippen molar-refractivity contribution < 1.29 is 4.74 Å². The molecule has 10 heteroatoms. The van der Waals surface area contributed by atoms with Crippen molar-refractivity contribution in [3.8, 4) is 23.2 Å². The van der Waals surface area contributed by atoms with Crippen LogP contribution in [0.15, 0.2) is 47.7 Å². The smallest absolute Gasteiger partial charge is 0.316 e. The number of anilines is 2. The lowest BCUT2D eigenvalue weighted by Crippen LogP contribution is -2.25. The van der Waals surface area contributed by atoms with Gasteiger partial charge in [-0.3, -0.25) is 4.79 Å². The largest absolute Gasteiger partial charge is 0.467 e. The summed E-state index contributed by atoms with van der Waals surface area (Å²) in [7, 11) is 1.53. The molecule has 34 heavy (non-hydrogen) atoms. The van der Waals surface area contributed by atoms with Crippen LogP contribution >= 0.6 is 0 Å². The van der Waals surface area contributed by atoms with Gasteiger partial charge in [0, 0.05) is 29.7 Å². The SMILES string of the molecule is CCc1cc2cccc(-c3cnc(OC)nc3)c2c(=O)n1C(C)C.N#Cc1cnc(N)nc1N. The number of pyridine rings is 1. The minimum absolute atomic E-state index is 0.0331. The van der Waals surface area contributed by atoms with Gasteiger partial charge in [0.05, 0.1) is 18.7 Å². The van der Waals surface area contributed by atoms with Crippen LogP contribution in [-0.2, 0) is 6.42 Å². The van der Waals surface area contributed by atoms with E-state index < -0.39 is 0 Å². The van der Waals surface area contributed by atoms with E-state index in [0.717, 1.165) is 28.6 Å². The molecule has 0 fully saturated rings.